The largest absolute Gasteiger partial charge is 0.481 e. The van der Waals surface area contributed by atoms with Crippen molar-refractivity contribution in [3.05, 3.63) is 22.6 Å². The van der Waals surface area contributed by atoms with Crippen molar-refractivity contribution in [2.45, 2.75) is 18.9 Å². The fourth-order valence-electron chi connectivity index (χ4n) is 1.22. The van der Waals surface area contributed by atoms with Crippen LogP contribution in [0.25, 0.3) is 10.4 Å². The highest BCUT2D eigenvalue weighted by Crippen LogP contribution is 2.20. The van der Waals surface area contributed by atoms with Crippen molar-refractivity contribution < 1.29 is 9.90 Å². The van der Waals surface area contributed by atoms with Crippen LogP contribution in [0.1, 0.15) is 12.8 Å². The van der Waals surface area contributed by atoms with E-state index in [-0.39, 0.29) is 6.04 Å². The first-order valence-corrected chi connectivity index (χ1v) is 3.67. The second-order valence-electron chi connectivity index (χ2n) is 2.71. The van der Waals surface area contributed by atoms with Gasteiger partial charge in [0.15, 0.2) is 0 Å². The van der Waals surface area contributed by atoms with Gasteiger partial charge in [-0.2, -0.15) is 0 Å². The van der Waals surface area contributed by atoms with E-state index in [0.717, 1.165) is 0 Å². The van der Waals surface area contributed by atoms with E-state index in [2.05, 4.69) is 10.0 Å². The molecule has 0 saturated carbocycles. The molecular weight excluding hydrogens is 158 g/mol. The minimum absolute atomic E-state index is 0.287. The molecule has 0 spiro atoms. The first kappa shape index (κ1) is 8.62. The lowest BCUT2D eigenvalue weighted by atomic mass is 9.92. The van der Waals surface area contributed by atoms with E-state index in [1.54, 1.807) is 12.2 Å². The molecule has 1 aliphatic carbocycles. The molecule has 1 rings (SSSR count). The highest BCUT2D eigenvalue weighted by atomic mass is 16.4. The van der Waals surface area contributed by atoms with Crippen LogP contribution in [0, 0.1) is 5.92 Å². The van der Waals surface area contributed by atoms with Crippen molar-refractivity contribution in [1.82, 2.24) is 0 Å². The van der Waals surface area contributed by atoms with Gasteiger partial charge in [0.25, 0.3) is 0 Å². The van der Waals surface area contributed by atoms with Gasteiger partial charge in [-0.15, -0.1) is 0 Å². The lowest BCUT2D eigenvalue weighted by molar-refractivity contribution is -0.142. The average Bonchev–Trinajstić information content (AvgIpc) is 2.05. The van der Waals surface area contributed by atoms with Crippen molar-refractivity contribution in [2.75, 3.05) is 0 Å². The Hall–Kier alpha value is -1.48. The Morgan fingerprint density at radius 3 is 3.08 bits per heavy atom. The molecule has 0 heterocycles. The number of nitrogens with zero attached hydrogens (tertiary/aromatic N) is 3. The third kappa shape index (κ3) is 2.00. The number of hydrogen-bond donors (Lipinski definition) is 1. The molecule has 2 atom stereocenters. The minimum Gasteiger partial charge on any atom is -0.481 e. The fraction of sp³-hybridized carbons (Fsp3) is 0.571. The van der Waals surface area contributed by atoms with Crippen molar-refractivity contribution in [3.63, 3.8) is 0 Å². The van der Waals surface area contributed by atoms with Gasteiger partial charge in [-0.05, 0) is 18.4 Å². The van der Waals surface area contributed by atoms with Gasteiger partial charge >= 0.3 is 5.97 Å². The first-order chi connectivity index (χ1) is 5.74. The molecule has 2 unspecified atom stereocenters. The van der Waals surface area contributed by atoms with Crippen LogP contribution in [0.5, 0.6) is 0 Å². The number of carboxylic acids is 1. The molecule has 0 radical (unpaired) electrons. The summed E-state index contributed by atoms with van der Waals surface area (Å²) in [6.07, 6.45) is 4.45. The van der Waals surface area contributed by atoms with Crippen molar-refractivity contribution in [3.8, 4) is 0 Å². The van der Waals surface area contributed by atoms with Crippen LogP contribution >= 0.6 is 0 Å². The highest BCUT2D eigenvalue weighted by Gasteiger charge is 2.22. The summed E-state index contributed by atoms with van der Waals surface area (Å²) in [6.45, 7) is 0. The third-order valence-corrected chi connectivity index (χ3v) is 1.85. The topological polar surface area (TPSA) is 86.1 Å². The number of rotatable bonds is 2. The summed E-state index contributed by atoms with van der Waals surface area (Å²) in [5.41, 5.74) is 8.12. The van der Waals surface area contributed by atoms with Crippen LogP contribution in [0.3, 0.4) is 0 Å². The molecule has 1 N–H and O–H groups in total. The molecule has 12 heavy (non-hydrogen) atoms. The van der Waals surface area contributed by atoms with E-state index in [1.165, 1.54) is 0 Å². The van der Waals surface area contributed by atoms with Gasteiger partial charge in [-0.3, -0.25) is 4.79 Å². The van der Waals surface area contributed by atoms with Crippen LogP contribution in [0.15, 0.2) is 17.3 Å². The number of azide groups is 1. The zero-order valence-electron chi connectivity index (χ0n) is 6.42. The number of carboxylic acid groups (broad SMARTS) is 1. The van der Waals surface area contributed by atoms with Gasteiger partial charge < -0.3 is 5.11 Å². The Labute approximate surface area is 69.3 Å². The molecule has 0 aromatic carbocycles. The predicted octanol–water partition coefficient (Wildman–Crippen LogP) is 1.72. The van der Waals surface area contributed by atoms with Gasteiger partial charge in [0.2, 0.25) is 0 Å². The first-order valence-electron chi connectivity index (χ1n) is 3.67. The van der Waals surface area contributed by atoms with E-state index in [0.29, 0.717) is 12.8 Å². The molecule has 0 fully saturated rings. The van der Waals surface area contributed by atoms with Crippen LogP contribution in [-0.2, 0) is 4.79 Å². The summed E-state index contributed by atoms with van der Waals surface area (Å²) in [6, 6.07) is -0.287. The molecule has 5 nitrogen and oxygen atoms in total. The minimum atomic E-state index is -0.822. The monoisotopic (exact) mass is 167 g/mol. The van der Waals surface area contributed by atoms with E-state index >= 15 is 0 Å². The van der Waals surface area contributed by atoms with E-state index in [1.807, 2.05) is 0 Å². The Balaban J connectivity index is 2.62. The Bertz CT molecular complexity index is 255. The fourth-order valence-corrected chi connectivity index (χ4v) is 1.22. The van der Waals surface area contributed by atoms with Gasteiger partial charge in [0.05, 0.1) is 12.0 Å². The molecule has 1 aliphatic rings. The van der Waals surface area contributed by atoms with Crippen LogP contribution in [0.2, 0.25) is 0 Å². The predicted molar refractivity (Wildman–Crippen MR) is 42.4 cm³/mol. The number of aliphatic carboxylic acids is 1. The summed E-state index contributed by atoms with van der Waals surface area (Å²) < 4.78 is 0. The average molecular weight is 167 g/mol. The normalized spacial score (nSPS) is 27.7. The Kier molecular flexibility index (Phi) is 2.71. The molecule has 64 valence electrons. The summed E-state index contributed by atoms with van der Waals surface area (Å²) in [7, 11) is 0. The summed E-state index contributed by atoms with van der Waals surface area (Å²) in [4.78, 5) is 13.2. The van der Waals surface area contributed by atoms with Crippen molar-refractivity contribution in [1.29, 1.82) is 0 Å². The zero-order chi connectivity index (χ0) is 8.97. The maximum absolute atomic E-state index is 10.5. The molecule has 0 aliphatic heterocycles. The Morgan fingerprint density at radius 2 is 2.50 bits per heavy atom. The Morgan fingerprint density at radius 1 is 1.75 bits per heavy atom. The quantitative estimate of drug-likeness (QED) is 0.294. The molecule has 0 aromatic heterocycles. The lowest BCUT2D eigenvalue weighted by Crippen LogP contribution is -2.20. The second-order valence-corrected chi connectivity index (χ2v) is 2.71. The maximum atomic E-state index is 10.5. The van der Waals surface area contributed by atoms with Gasteiger partial charge in [-0.25, -0.2) is 0 Å². The molecule has 0 amide bonds. The molecule has 0 saturated heterocycles. The van der Waals surface area contributed by atoms with Gasteiger partial charge in [0.1, 0.15) is 0 Å². The third-order valence-electron chi connectivity index (χ3n) is 1.85. The summed E-state index contributed by atoms with van der Waals surface area (Å²) in [5, 5.41) is 12.1. The lowest BCUT2D eigenvalue weighted by Gasteiger charge is -2.17. The van der Waals surface area contributed by atoms with Crippen LogP contribution in [-0.4, -0.2) is 17.1 Å². The molecular formula is C7H9N3O2. The van der Waals surface area contributed by atoms with E-state index in [9.17, 15) is 4.79 Å². The maximum Gasteiger partial charge on any atom is 0.306 e. The number of carbonyl (C=O) groups is 1. The van der Waals surface area contributed by atoms with E-state index in [4.69, 9.17) is 10.6 Å². The zero-order valence-corrected chi connectivity index (χ0v) is 6.42. The van der Waals surface area contributed by atoms with Gasteiger partial charge in [0, 0.05) is 4.91 Å². The van der Waals surface area contributed by atoms with Crippen molar-refractivity contribution in [2.24, 2.45) is 11.0 Å². The van der Waals surface area contributed by atoms with E-state index < -0.39 is 11.9 Å². The molecule has 5 heteroatoms. The number of hydrogen-bond acceptors (Lipinski definition) is 2. The molecule has 0 bridgehead atoms. The second kappa shape index (κ2) is 3.78. The smallest absolute Gasteiger partial charge is 0.306 e. The summed E-state index contributed by atoms with van der Waals surface area (Å²) >= 11 is 0. The van der Waals surface area contributed by atoms with Crippen molar-refractivity contribution >= 4 is 5.97 Å². The molecule has 0 aromatic rings. The van der Waals surface area contributed by atoms with Gasteiger partial charge in [-0.1, -0.05) is 17.3 Å². The van der Waals surface area contributed by atoms with Crippen LogP contribution in [0.4, 0.5) is 0 Å². The highest BCUT2D eigenvalue weighted by molar-refractivity contribution is 5.70. The van der Waals surface area contributed by atoms with Crippen LogP contribution < -0.4 is 0 Å². The number of allylic oxidation sites excluding steroid dienone is 1. The SMILES string of the molecule is [N-]=[N+]=NC1C=CCC(C(=O)O)C1. The summed E-state index contributed by atoms with van der Waals surface area (Å²) in [5.74, 6) is -1.22. The standard InChI is InChI=1S/C7H9N3O2/c8-10-9-6-3-1-2-5(4-6)7(11)12/h1,3,5-6H,2,4H2,(H,11,12).